The molecule has 1 aromatic rings. The van der Waals surface area contributed by atoms with Crippen LogP contribution in [0.3, 0.4) is 0 Å². The van der Waals surface area contributed by atoms with Gasteiger partial charge in [-0.25, -0.2) is 0 Å². The highest BCUT2D eigenvalue weighted by atomic mass is 79.9. The van der Waals surface area contributed by atoms with Gasteiger partial charge in [0.1, 0.15) is 0 Å². The molecule has 3 rings (SSSR count). The number of fused-ring (bicyclic) bond motifs is 1. The maximum Gasteiger partial charge on any atom is 0.0250 e. The fourth-order valence-electron chi connectivity index (χ4n) is 3.14. The third-order valence-corrected chi connectivity index (χ3v) is 4.83. The second kappa shape index (κ2) is 4.50. The van der Waals surface area contributed by atoms with Crippen LogP contribution in [0, 0.1) is 0 Å². The number of rotatable bonds is 1. The van der Waals surface area contributed by atoms with Crippen molar-refractivity contribution in [2.75, 3.05) is 6.54 Å². The molecule has 86 valence electrons. The highest BCUT2D eigenvalue weighted by molar-refractivity contribution is 9.10. The Labute approximate surface area is 106 Å². The van der Waals surface area contributed by atoms with E-state index in [2.05, 4.69) is 39.0 Å². The van der Waals surface area contributed by atoms with E-state index in [0.717, 1.165) is 12.6 Å². The van der Waals surface area contributed by atoms with Crippen LogP contribution in [0.4, 0.5) is 0 Å². The largest absolute Gasteiger partial charge is 0.296 e. The average Bonchev–Trinajstić information content (AvgIpc) is 2.83. The summed E-state index contributed by atoms with van der Waals surface area (Å²) in [4.78, 5) is 2.69. The van der Waals surface area contributed by atoms with Gasteiger partial charge in [0.2, 0.25) is 0 Å². The Hall–Kier alpha value is -0.340. The summed E-state index contributed by atoms with van der Waals surface area (Å²) in [6.45, 7) is 2.41. The number of hydrogen-bond donors (Lipinski definition) is 0. The Morgan fingerprint density at radius 3 is 2.81 bits per heavy atom. The normalized spacial score (nSPS) is 22.3. The van der Waals surface area contributed by atoms with E-state index < -0.39 is 0 Å². The van der Waals surface area contributed by atoms with E-state index in [1.165, 1.54) is 48.7 Å². The van der Waals surface area contributed by atoms with Gasteiger partial charge in [0.15, 0.2) is 0 Å². The molecule has 0 atom stereocenters. The van der Waals surface area contributed by atoms with E-state index in [-0.39, 0.29) is 0 Å². The average molecular weight is 280 g/mol. The molecule has 0 saturated heterocycles. The van der Waals surface area contributed by atoms with Crippen molar-refractivity contribution in [2.24, 2.45) is 0 Å². The van der Waals surface area contributed by atoms with Crippen LogP contribution in [-0.2, 0) is 13.0 Å². The number of halogens is 1. The van der Waals surface area contributed by atoms with Gasteiger partial charge in [0, 0.05) is 23.6 Å². The minimum absolute atomic E-state index is 0.861. The van der Waals surface area contributed by atoms with Gasteiger partial charge in [-0.2, -0.15) is 0 Å². The van der Waals surface area contributed by atoms with Crippen molar-refractivity contribution in [3.63, 3.8) is 0 Å². The molecule has 0 bridgehead atoms. The maximum atomic E-state index is 3.69. The smallest absolute Gasteiger partial charge is 0.0250 e. The molecule has 0 N–H and O–H groups in total. The second-order valence-corrected chi connectivity index (χ2v) is 5.89. The lowest BCUT2D eigenvalue weighted by Gasteiger charge is -2.34. The predicted octanol–water partition coefficient (Wildman–Crippen LogP) is 3.75. The molecule has 1 heterocycles. The van der Waals surface area contributed by atoms with E-state index >= 15 is 0 Å². The summed E-state index contributed by atoms with van der Waals surface area (Å²) in [5.74, 6) is 0. The molecule has 1 aliphatic heterocycles. The molecular formula is C14H18BrN. The van der Waals surface area contributed by atoms with Crippen LogP contribution in [0.5, 0.6) is 0 Å². The molecule has 0 amide bonds. The standard InChI is InChI=1S/C14H18BrN/c15-14-7-3-4-11-8-9-16(10-13(11)14)12-5-1-2-6-12/h3-4,7,12H,1-2,5-6,8-10H2. The SMILES string of the molecule is Brc1cccc2c1CN(C1CCCC1)CC2. The summed E-state index contributed by atoms with van der Waals surface area (Å²) in [6.07, 6.45) is 6.93. The first-order chi connectivity index (χ1) is 7.84. The summed E-state index contributed by atoms with van der Waals surface area (Å²) < 4.78 is 1.30. The molecule has 0 spiro atoms. The highest BCUT2D eigenvalue weighted by Crippen LogP contribution is 2.31. The summed E-state index contributed by atoms with van der Waals surface area (Å²) in [6, 6.07) is 7.48. The van der Waals surface area contributed by atoms with Gasteiger partial charge in [-0.1, -0.05) is 40.9 Å². The van der Waals surface area contributed by atoms with Gasteiger partial charge in [-0.15, -0.1) is 0 Å². The zero-order chi connectivity index (χ0) is 11.0. The number of nitrogens with zero attached hydrogens (tertiary/aromatic N) is 1. The lowest BCUT2D eigenvalue weighted by atomic mass is 9.98. The molecule has 1 aliphatic carbocycles. The molecule has 2 heteroatoms. The molecule has 0 aromatic heterocycles. The highest BCUT2D eigenvalue weighted by Gasteiger charge is 2.26. The molecule has 16 heavy (non-hydrogen) atoms. The molecule has 1 aromatic carbocycles. The Balaban J connectivity index is 1.82. The fourth-order valence-corrected chi connectivity index (χ4v) is 3.67. The Morgan fingerprint density at radius 1 is 1.19 bits per heavy atom. The van der Waals surface area contributed by atoms with Crippen LogP contribution in [0.2, 0.25) is 0 Å². The first-order valence-electron chi connectivity index (χ1n) is 6.35. The van der Waals surface area contributed by atoms with Gasteiger partial charge in [-0.05, 0) is 36.5 Å². The van der Waals surface area contributed by atoms with Crippen LogP contribution >= 0.6 is 15.9 Å². The van der Waals surface area contributed by atoms with Gasteiger partial charge in [-0.3, -0.25) is 4.90 Å². The Morgan fingerprint density at radius 2 is 2.00 bits per heavy atom. The maximum absolute atomic E-state index is 3.69. The summed E-state index contributed by atoms with van der Waals surface area (Å²) in [5.41, 5.74) is 3.07. The van der Waals surface area contributed by atoms with Crippen LogP contribution in [0.15, 0.2) is 22.7 Å². The van der Waals surface area contributed by atoms with Crippen molar-refractivity contribution in [3.05, 3.63) is 33.8 Å². The monoisotopic (exact) mass is 279 g/mol. The van der Waals surface area contributed by atoms with E-state index in [4.69, 9.17) is 0 Å². The van der Waals surface area contributed by atoms with Crippen molar-refractivity contribution < 1.29 is 0 Å². The van der Waals surface area contributed by atoms with Crippen molar-refractivity contribution >= 4 is 15.9 Å². The minimum Gasteiger partial charge on any atom is -0.296 e. The van der Waals surface area contributed by atoms with E-state index in [0.29, 0.717) is 0 Å². The lowest BCUT2D eigenvalue weighted by Crippen LogP contribution is -2.37. The first kappa shape index (κ1) is 10.8. The van der Waals surface area contributed by atoms with Crippen molar-refractivity contribution in [2.45, 2.75) is 44.7 Å². The molecule has 2 aliphatic rings. The molecule has 1 saturated carbocycles. The van der Waals surface area contributed by atoms with Gasteiger partial charge in [0.05, 0.1) is 0 Å². The van der Waals surface area contributed by atoms with Crippen molar-refractivity contribution in [1.82, 2.24) is 4.90 Å². The minimum atomic E-state index is 0.861. The van der Waals surface area contributed by atoms with Crippen LogP contribution in [0.1, 0.15) is 36.8 Å². The third kappa shape index (κ3) is 1.93. The molecule has 0 unspecified atom stereocenters. The molecule has 1 fully saturated rings. The van der Waals surface area contributed by atoms with Crippen LogP contribution < -0.4 is 0 Å². The zero-order valence-electron chi connectivity index (χ0n) is 9.58. The van der Waals surface area contributed by atoms with E-state index in [1.54, 1.807) is 5.56 Å². The lowest BCUT2D eigenvalue weighted by molar-refractivity contribution is 0.180. The second-order valence-electron chi connectivity index (χ2n) is 5.04. The Bertz CT molecular complexity index is 382. The topological polar surface area (TPSA) is 3.24 Å². The number of hydrogen-bond acceptors (Lipinski definition) is 1. The Kier molecular flexibility index (Phi) is 3.03. The quantitative estimate of drug-likeness (QED) is 0.757. The van der Waals surface area contributed by atoms with E-state index in [1.807, 2.05) is 0 Å². The zero-order valence-corrected chi connectivity index (χ0v) is 11.2. The summed E-state index contributed by atoms with van der Waals surface area (Å²) in [5, 5.41) is 0. The fraction of sp³-hybridized carbons (Fsp3) is 0.571. The first-order valence-corrected chi connectivity index (χ1v) is 7.14. The number of benzene rings is 1. The van der Waals surface area contributed by atoms with Gasteiger partial charge in [0.25, 0.3) is 0 Å². The van der Waals surface area contributed by atoms with Crippen LogP contribution in [0.25, 0.3) is 0 Å². The van der Waals surface area contributed by atoms with Gasteiger partial charge >= 0.3 is 0 Å². The van der Waals surface area contributed by atoms with E-state index in [9.17, 15) is 0 Å². The van der Waals surface area contributed by atoms with Crippen LogP contribution in [-0.4, -0.2) is 17.5 Å². The van der Waals surface area contributed by atoms with Crippen molar-refractivity contribution in [1.29, 1.82) is 0 Å². The summed E-state index contributed by atoms with van der Waals surface area (Å²) in [7, 11) is 0. The predicted molar refractivity (Wildman–Crippen MR) is 70.5 cm³/mol. The van der Waals surface area contributed by atoms with Gasteiger partial charge < -0.3 is 0 Å². The molecule has 1 nitrogen and oxygen atoms in total. The summed E-state index contributed by atoms with van der Waals surface area (Å²) >= 11 is 3.69. The molecular weight excluding hydrogens is 262 g/mol. The van der Waals surface area contributed by atoms with Crippen molar-refractivity contribution in [3.8, 4) is 0 Å². The molecule has 0 radical (unpaired) electrons. The third-order valence-electron chi connectivity index (χ3n) is 4.09.